The molecule has 0 aliphatic carbocycles. The third-order valence-corrected chi connectivity index (χ3v) is 2.14. The summed E-state index contributed by atoms with van der Waals surface area (Å²) in [5.41, 5.74) is 0.442. The van der Waals surface area contributed by atoms with Crippen LogP contribution in [0.1, 0.15) is 11.7 Å². The van der Waals surface area contributed by atoms with Gasteiger partial charge in [0.05, 0.1) is 0 Å². The molecular weight excluding hydrogens is 234 g/mol. The summed E-state index contributed by atoms with van der Waals surface area (Å²) in [6, 6.07) is 5.80. The highest BCUT2D eigenvalue weighted by molar-refractivity contribution is 6.68. The number of aliphatic hydroxyl groups is 1. The Bertz CT molecular complexity index is 278. The van der Waals surface area contributed by atoms with E-state index in [1.807, 2.05) is 0 Å². The number of alkyl halides is 3. The fraction of sp³-hybridized carbons (Fsp3) is 0.250. The molecule has 0 bridgehead atoms. The topological polar surface area (TPSA) is 40.5 Å². The van der Waals surface area contributed by atoms with Gasteiger partial charge in [-0.05, 0) is 17.7 Å². The molecule has 2 nitrogen and oxygen atoms in total. The largest absolute Gasteiger partial charge is 0.508 e. The molecule has 0 spiro atoms. The summed E-state index contributed by atoms with van der Waals surface area (Å²) in [6.07, 6.45) is -1.20. The minimum atomic E-state index is -1.75. The molecule has 0 amide bonds. The Morgan fingerprint density at radius 3 is 1.92 bits per heavy atom. The second-order valence-electron chi connectivity index (χ2n) is 2.54. The van der Waals surface area contributed by atoms with Crippen LogP contribution in [0.5, 0.6) is 5.75 Å². The van der Waals surface area contributed by atoms with Gasteiger partial charge in [0.1, 0.15) is 11.9 Å². The number of aliphatic hydroxyl groups excluding tert-OH is 1. The van der Waals surface area contributed by atoms with E-state index in [0.29, 0.717) is 5.56 Å². The van der Waals surface area contributed by atoms with Crippen LogP contribution < -0.4 is 0 Å². The molecule has 0 aliphatic rings. The fourth-order valence-electron chi connectivity index (χ4n) is 0.846. The van der Waals surface area contributed by atoms with Gasteiger partial charge in [-0.3, -0.25) is 0 Å². The maximum Gasteiger partial charge on any atom is 0.220 e. The highest BCUT2D eigenvalue weighted by Gasteiger charge is 2.31. The molecule has 2 N–H and O–H groups in total. The molecule has 1 aromatic carbocycles. The van der Waals surface area contributed by atoms with E-state index in [9.17, 15) is 5.11 Å². The summed E-state index contributed by atoms with van der Waals surface area (Å²) in [5.74, 6) is 0.0975. The first kappa shape index (κ1) is 10.9. The smallest absolute Gasteiger partial charge is 0.220 e. The van der Waals surface area contributed by atoms with E-state index in [1.54, 1.807) is 0 Å². The minimum Gasteiger partial charge on any atom is -0.508 e. The average molecular weight is 242 g/mol. The van der Waals surface area contributed by atoms with E-state index >= 15 is 0 Å². The quantitative estimate of drug-likeness (QED) is 0.742. The second kappa shape index (κ2) is 3.93. The van der Waals surface area contributed by atoms with E-state index < -0.39 is 9.90 Å². The fourth-order valence-corrected chi connectivity index (χ4v) is 1.22. The van der Waals surface area contributed by atoms with Gasteiger partial charge < -0.3 is 10.2 Å². The first-order valence-electron chi connectivity index (χ1n) is 3.45. The van der Waals surface area contributed by atoms with Gasteiger partial charge in [-0.2, -0.15) is 0 Å². The maximum atomic E-state index is 9.47. The van der Waals surface area contributed by atoms with Crippen molar-refractivity contribution in [2.45, 2.75) is 9.90 Å². The van der Waals surface area contributed by atoms with Crippen molar-refractivity contribution in [3.05, 3.63) is 29.8 Å². The van der Waals surface area contributed by atoms with Gasteiger partial charge in [-0.25, -0.2) is 0 Å². The predicted octanol–water partition coefficient (Wildman–Crippen LogP) is 2.80. The Kier molecular flexibility index (Phi) is 3.30. The molecule has 0 heterocycles. The highest BCUT2D eigenvalue weighted by Crippen LogP contribution is 2.39. The Morgan fingerprint density at radius 1 is 1.08 bits per heavy atom. The van der Waals surface area contributed by atoms with Crippen LogP contribution in [0.4, 0.5) is 0 Å². The zero-order valence-electron chi connectivity index (χ0n) is 6.42. The van der Waals surface area contributed by atoms with Crippen LogP contribution in [-0.2, 0) is 0 Å². The lowest BCUT2D eigenvalue weighted by Crippen LogP contribution is -2.16. The molecule has 0 radical (unpaired) electrons. The number of halogens is 3. The molecule has 1 unspecified atom stereocenters. The van der Waals surface area contributed by atoms with E-state index in [4.69, 9.17) is 39.9 Å². The van der Waals surface area contributed by atoms with E-state index in [0.717, 1.165) is 0 Å². The van der Waals surface area contributed by atoms with Crippen molar-refractivity contribution in [3.8, 4) is 5.75 Å². The van der Waals surface area contributed by atoms with Crippen LogP contribution in [0, 0.1) is 0 Å². The number of aromatic hydroxyl groups is 1. The molecule has 0 saturated carbocycles. The zero-order valence-corrected chi connectivity index (χ0v) is 8.68. The summed E-state index contributed by atoms with van der Waals surface area (Å²) in [7, 11) is 0. The van der Waals surface area contributed by atoms with Crippen molar-refractivity contribution < 1.29 is 10.2 Å². The summed E-state index contributed by atoms with van der Waals surface area (Å²) in [5, 5.41) is 18.4. The van der Waals surface area contributed by atoms with Gasteiger partial charge in [-0.15, -0.1) is 0 Å². The van der Waals surface area contributed by atoms with E-state index in [2.05, 4.69) is 0 Å². The normalized spacial score (nSPS) is 14.2. The minimum absolute atomic E-state index is 0.0975. The van der Waals surface area contributed by atoms with Crippen LogP contribution >= 0.6 is 34.8 Å². The zero-order chi connectivity index (χ0) is 10.1. The van der Waals surface area contributed by atoms with Crippen molar-refractivity contribution >= 4 is 34.8 Å². The SMILES string of the molecule is Oc1ccc(C(O)C(Cl)(Cl)Cl)cc1. The molecular formula is C8H7Cl3O2. The lowest BCUT2D eigenvalue weighted by molar-refractivity contribution is 0.182. The molecule has 1 rings (SSSR count). The Balaban J connectivity index is 2.90. The maximum absolute atomic E-state index is 9.47. The number of phenols is 1. The Hall–Kier alpha value is -0.150. The third kappa shape index (κ3) is 2.92. The number of rotatable bonds is 1. The molecule has 13 heavy (non-hydrogen) atoms. The molecule has 0 aliphatic heterocycles. The van der Waals surface area contributed by atoms with Crippen LogP contribution in [0.2, 0.25) is 0 Å². The molecule has 5 heteroatoms. The van der Waals surface area contributed by atoms with Gasteiger partial charge in [0.25, 0.3) is 0 Å². The third-order valence-electron chi connectivity index (χ3n) is 1.52. The first-order valence-corrected chi connectivity index (χ1v) is 4.58. The Labute approximate surface area is 90.7 Å². The van der Waals surface area contributed by atoms with E-state index in [1.165, 1.54) is 24.3 Å². The molecule has 1 atom stereocenters. The lowest BCUT2D eigenvalue weighted by Gasteiger charge is -2.18. The van der Waals surface area contributed by atoms with Gasteiger partial charge in [0, 0.05) is 0 Å². The molecule has 0 fully saturated rings. The first-order chi connectivity index (χ1) is 5.91. The summed E-state index contributed by atoms with van der Waals surface area (Å²) < 4.78 is -1.75. The highest BCUT2D eigenvalue weighted by atomic mass is 35.6. The molecule has 72 valence electrons. The molecule has 1 aromatic rings. The van der Waals surface area contributed by atoms with Gasteiger partial charge in [0.15, 0.2) is 0 Å². The number of benzene rings is 1. The molecule has 0 aromatic heterocycles. The standard InChI is InChI=1S/C8H7Cl3O2/c9-8(10,11)7(13)5-1-3-6(12)4-2-5/h1-4,7,12-13H. The van der Waals surface area contributed by atoms with Crippen LogP contribution in [0.25, 0.3) is 0 Å². The number of phenolic OH excluding ortho intramolecular Hbond substituents is 1. The summed E-state index contributed by atoms with van der Waals surface area (Å²) >= 11 is 16.4. The van der Waals surface area contributed by atoms with E-state index in [-0.39, 0.29) is 5.75 Å². The Morgan fingerprint density at radius 2 is 1.54 bits per heavy atom. The van der Waals surface area contributed by atoms with Crippen molar-refractivity contribution in [1.29, 1.82) is 0 Å². The average Bonchev–Trinajstić information content (AvgIpc) is 2.03. The van der Waals surface area contributed by atoms with Gasteiger partial charge >= 0.3 is 0 Å². The van der Waals surface area contributed by atoms with Crippen molar-refractivity contribution in [1.82, 2.24) is 0 Å². The van der Waals surface area contributed by atoms with Crippen LogP contribution in [0.15, 0.2) is 24.3 Å². The van der Waals surface area contributed by atoms with Gasteiger partial charge in [-0.1, -0.05) is 46.9 Å². The van der Waals surface area contributed by atoms with Crippen molar-refractivity contribution in [2.75, 3.05) is 0 Å². The number of hydrogen-bond acceptors (Lipinski definition) is 2. The van der Waals surface area contributed by atoms with Crippen LogP contribution in [0.3, 0.4) is 0 Å². The van der Waals surface area contributed by atoms with Gasteiger partial charge in [0.2, 0.25) is 3.79 Å². The predicted molar refractivity (Wildman–Crippen MR) is 53.4 cm³/mol. The summed E-state index contributed by atoms with van der Waals surface area (Å²) in [4.78, 5) is 0. The number of hydrogen-bond donors (Lipinski definition) is 2. The van der Waals surface area contributed by atoms with Crippen molar-refractivity contribution in [2.24, 2.45) is 0 Å². The van der Waals surface area contributed by atoms with Crippen molar-refractivity contribution in [3.63, 3.8) is 0 Å². The second-order valence-corrected chi connectivity index (χ2v) is 4.90. The molecule has 0 saturated heterocycles. The lowest BCUT2D eigenvalue weighted by atomic mass is 10.1. The monoisotopic (exact) mass is 240 g/mol. The van der Waals surface area contributed by atoms with Crippen LogP contribution in [-0.4, -0.2) is 14.0 Å². The summed E-state index contributed by atoms with van der Waals surface area (Å²) in [6.45, 7) is 0.